The third-order valence-electron chi connectivity index (χ3n) is 3.48. The van der Waals surface area contributed by atoms with Crippen molar-refractivity contribution < 1.29 is 19.6 Å². The highest BCUT2D eigenvalue weighted by Crippen LogP contribution is 2.15. The fraction of sp³-hybridized carbons (Fsp3) is 0.312. The summed E-state index contributed by atoms with van der Waals surface area (Å²) in [6.45, 7) is 3.74. The Balaban J connectivity index is 2.12. The zero-order chi connectivity index (χ0) is 18.6. The number of carbonyl (C=O) groups is 2. The molecule has 9 nitrogen and oxygen atoms in total. The van der Waals surface area contributed by atoms with E-state index in [0.717, 1.165) is 0 Å². The number of nitro groups is 1. The number of carboxylic acid groups (broad SMARTS) is 1. The third-order valence-corrected chi connectivity index (χ3v) is 3.48. The number of aliphatic carboxylic acids is 1. The van der Waals surface area contributed by atoms with Crippen LogP contribution >= 0.6 is 0 Å². The summed E-state index contributed by atoms with van der Waals surface area (Å²) in [6.07, 6.45) is 3.06. The van der Waals surface area contributed by atoms with Gasteiger partial charge in [-0.25, -0.2) is 9.48 Å². The van der Waals surface area contributed by atoms with E-state index in [1.165, 1.54) is 41.3 Å². The van der Waals surface area contributed by atoms with Crippen molar-refractivity contribution in [3.8, 4) is 5.69 Å². The van der Waals surface area contributed by atoms with Crippen LogP contribution in [0.3, 0.4) is 0 Å². The Morgan fingerprint density at radius 1 is 1.32 bits per heavy atom. The van der Waals surface area contributed by atoms with Crippen LogP contribution in [0.15, 0.2) is 36.7 Å². The van der Waals surface area contributed by atoms with Crippen molar-refractivity contribution in [1.29, 1.82) is 0 Å². The fourth-order valence-corrected chi connectivity index (χ4v) is 2.24. The smallest absolute Gasteiger partial charge is 0.326 e. The molecule has 132 valence electrons. The van der Waals surface area contributed by atoms with Crippen molar-refractivity contribution >= 4 is 17.6 Å². The van der Waals surface area contributed by atoms with Crippen molar-refractivity contribution in [3.63, 3.8) is 0 Å². The Bertz CT molecular complexity index is 782. The quantitative estimate of drug-likeness (QED) is 0.583. The van der Waals surface area contributed by atoms with E-state index in [9.17, 15) is 24.8 Å². The molecule has 1 heterocycles. The van der Waals surface area contributed by atoms with Gasteiger partial charge in [-0.3, -0.25) is 14.9 Å². The minimum absolute atomic E-state index is 0.0492. The number of carbonyl (C=O) groups excluding carboxylic acids is 1. The first kappa shape index (κ1) is 18.1. The van der Waals surface area contributed by atoms with Gasteiger partial charge in [0, 0.05) is 18.3 Å². The van der Waals surface area contributed by atoms with Crippen LogP contribution in [0.5, 0.6) is 0 Å². The van der Waals surface area contributed by atoms with Crippen LogP contribution in [0, 0.1) is 16.0 Å². The molecular formula is C16H18N4O5. The van der Waals surface area contributed by atoms with Crippen LogP contribution in [-0.2, 0) is 4.79 Å². The molecule has 0 saturated heterocycles. The van der Waals surface area contributed by atoms with E-state index in [2.05, 4.69) is 10.4 Å². The van der Waals surface area contributed by atoms with E-state index in [4.69, 9.17) is 0 Å². The number of hydrogen-bond acceptors (Lipinski definition) is 5. The largest absolute Gasteiger partial charge is 0.480 e. The topological polar surface area (TPSA) is 127 Å². The Kier molecular flexibility index (Phi) is 5.48. The van der Waals surface area contributed by atoms with Gasteiger partial charge in [0.05, 0.1) is 22.4 Å². The Labute approximate surface area is 143 Å². The molecule has 1 aromatic heterocycles. The van der Waals surface area contributed by atoms with Gasteiger partial charge in [0.2, 0.25) is 0 Å². The number of amides is 1. The summed E-state index contributed by atoms with van der Waals surface area (Å²) in [6, 6.07) is 4.70. The summed E-state index contributed by atoms with van der Waals surface area (Å²) >= 11 is 0. The molecule has 0 aliphatic heterocycles. The number of nitrogens with one attached hydrogen (secondary N) is 1. The summed E-state index contributed by atoms with van der Waals surface area (Å²) in [5, 5.41) is 26.3. The predicted octanol–water partition coefficient (Wildman–Crippen LogP) is 2.01. The van der Waals surface area contributed by atoms with Crippen molar-refractivity contribution in [2.75, 3.05) is 0 Å². The molecular weight excluding hydrogens is 328 g/mol. The summed E-state index contributed by atoms with van der Waals surface area (Å²) in [4.78, 5) is 33.6. The first-order chi connectivity index (χ1) is 11.8. The van der Waals surface area contributed by atoms with Gasteiger partial charge in [-0.15, -0.1) is 0 Å². The number of carboxylic acids is 1. The van der Waals surface area contributed by atoms with Gasteiger partial charge in [0.25, 0.3) is 11.6 Å². The highest BCUT2D eigenvalue weighted by Gasteiger charge is 2.22. The molecule has 9 heteroatoms. The Hall–Kier alpha value is -3.23. The number of benzene rings is 1. The molecule has 25 heavy (non-hydrogen) atoms. The molecule has 0 spiro atoms. The van der Waals surface area contributed by atoms with Gasteiger partial charge < -0.3 is 10.4 Å². The zero-order valence-electron chi connectivity index (χ0n) is 13.7. The standard InChI is InChI=1S/C16H18N4O5/c1-10(2)7-14(16(22)23)18-15(21)11-8-17-19(9-11)12-3-5-13(6-4-12)20(24)25/h3-6,8-10,14H,7H2,1-2H3,(H,18,21)(H,22,23). The molecule has 0 aliphatic carbocycles. The molecule has 0 radical (unpaired) electrons. The molecule has 2 N–H and O–H groups in total. The Morgan fingerprint density at radius 3 is 2.48 bits per heavy atom. The number of rotatable bonds is 7. The highest BCUT2D eigenvalue weighted by atomic mass is 16.6. The molecule has 1 amide bonds. The summed E-state index contributed by atoms with van der Waals surface area (Å²) in [7, 11) is 0. The van der Waals surface area contributed by atoms with Gasteiger partial charge in [-0.05, 0) is 24.5 Å². The maximum absolute atomic E-state index is 12.2. The monoisotopic (exact) mass is 346 g/mol. The first-order valence-corrected chi connectivity index (χ1v) is 7.61. The normalized spacial score (nSPS) is 12.0. The van der Waals surface area contributed by atoms with Gasteiger partial charge >= 0.3 is 5.97 Å². The summed E-state index contributed by atoms with van der Waals surface area (Å²) in [5.41, 5.74) is 0.696. The van der Waals surface area contributed by atoms with Gasteiger partial charge in [0.15, 0.2) is 0 Å². The third kappa shape index (κ3) is 4.63. The molecule has 0 saturated carbocycles. The molecule has 1 atom stereocenters. The maximum atomic E-state index is 12.2. The minimum Gasteiger partial charge on any atom is -0.480 e. The average Bonchev–Trinajstić information content (AvgIpc) is 3.03. The van der Waals surface area contributed by atoms with Gasteiger partial charge in [0.1, 0.15) is 6.04 Å². The lowest BCUT2D eigenvalue weighted by Crippen LogP contribution is -2.41. The van der Waals surface area contributed by atoms with E-state index < -0.39 is 22.8 Å². The molecule has 2 rings (SSSR count). The van der Waals surface area contributed by atoms with Crippen LogP contribution < -0.4 is 5.32 Å². The highest BCUT2D eigenvalue weighted by molar-refractivity contribution is 5.96. The van der Waals surface area contributed by atoms with E-state index in [1.54, 1.807) is 0 Å². The second-order valence-corrected chi connectivity index (χ2v) is 5.94. The van der Waals surface area contributed by atoms with E-state index in [1.807, 2.05) is 13.8 Å². The minimum atomic E-state index is -1.09. The number of nitrogens with zero attached hydrogens (tertiary/aromatic N) is 3. The summed E-state index contributed by atoms with van der Waals surface area (Å²) < 4.78 is 1.39. The van der Waals surface area contributed by atoms with Crippen molar-refractivity contribution in [2.45, 2.75) is 26.3 Å². The lowest BCUT2D eigenvalue weighted by Gasteiger charge is -2.15. The lowest BCUT2D eigenvalue weighted by atomic mass is 10.0. The zero-order valence-corrected chi connectivity index (χ0v) is 13.7. The van der Waals surface area contributed by atoms with Crippen LogP contribution in [0.25, 0.3) is 5.69 Å². The number of hydrogen-bond donors (Lipinski definition) is 2. The van der Waals surface area contributed by atoms with Gasteiger partial charge in [-0.2, -0.15) is 5.10 Å². The van der Waals surface area contributed by atoms with E-state index in [-0.39, 0.29) is 17.2 Å². The van der Waals surface area contributed by atoms with Crippen molar-refractivity contribution in [3.05, 3.63) is 52.3 Å². The van der Waals surface area contributed by atoms with E-state index in [0.29, 0.717) is 12.1 Å². The van der Waals surface area contributed by atoms with Crippen LogP contribution in [0.2, 0.25) is 0 Å². The summed E-state index contributed by atoms with van der Waals surface area (Å²) in [5.74, 6) is -1.52. The predicted molar refractivity (Wildman–Crippen MR) is 88.6 cm³/mol. The molecule has 0 fully saturated rings. The second-order valence-electron chi connectivity index (χ2n) is 5.94. The number of non-ortho nitro benzene ring substituents is 1. The number of aromatic nitrogens is 2. The van der Waals surface area contributed by atoms with Crippen LogP contribution in [-0.4, -0.2) is 37.7 Å². The van der Waals surface area contributed by atoms with Gasteiger partial charge in [-0.1, -0.05) is 13.8 Å². The first-order valence-electron chi connectivity index (χ1n) is 7.61. The molecule has 1 aromatic carbocycles. The molecule has 1 unspecified atom stereocenters. The Morgan fingerprint density at radius 2 is 1.96 bits per heavy atom. The average molecular weight is 346 g/mol. The van der Waals surface area contributed by atoms with E-state index >= 15 is 0 Å². The van der Waals surface area contributed by atoms with Crippen LogP contribution in [0.1, 0.15) is 30.6 Å². The molecule has 2 aromatic rings. The SMILES string of the molecule is CC(C)CC(NC(=O)c1cnn(-c2ccc([N+](=O)[O-])cc2)c1)C(=O)O. The van der Waals surface area contributed by atoms with Crippen LogP contribution in [0.4, 0.5) is 5.69 Å². The molecule has 0 bridgehead atoms. The number of nitro benzene ring substituents is 1. The fourth-order valence-electron chi connectivity index (χ4n) is 2.24. The van der Waals surface area contributed by atoms with Crippen molar-refractivity contribution in [1.82, 2.24) is 15.1 Å². The lowest BCUT2D eigenvalue weighted by molar-refractivity contribution is -0.384. The van der Waals surface area contributed by atoms with Crippen molar-refractivity contribution in [2.24, 2.45) is 5.92 Å². The molecule has 0 aliphatic rings. The second kappa shape index (κ2) is 7.56. The maximum Gasteiger partial charge on any atom is 0.326 e.